The lowest BCUT2D eigenvalue weighted by Crippen LogP contribution is -2.56. The second-order valence-corrected chi connectivity index (χ2v) is 6.05. The average Bonchev–Trinajstić information content (AvgIpc) is 2.41. The van der Waals surface area contributed by atoms with Gasteiger partial charge < -0.3 is 4.74 Å². The van der Waals surface area contributed by atoms with Crippen LogP contribution in [0.3, 0.4) is 0 Å². The maximum atomic E-state index is 13.4. The summed E-state index contributed by atoms with van der Waals surface area (Å²) in [7, 11) is -2.85. The van der Waals surface area contributed by atoms with E-state index in [-0.39, 0.29) is 12.0 Å². The van der Waals surface area contributed by atoms with Crippen LogP contribution in [0.1, 0.15) is 30.9 Å². The van der Waals surface area contributed by atoms with Gasteiger partial charge in [0.2, 0.25) is 0 Å². The molecule has 24 heavy (non-hydrogen) atoms. The zero-order chi connectivity index (χ0) is 18.6. The summed E-state index contributed by atoms with van der Waals surface area (Å²) in [5.41, 5.74) is -5.50. The van der Waals surface area contributed by atoms with Gasteiger partial charge in [-0.3, -0.25) is 0 Å². The van der Waals surface area contributed by atoms with Gasteiger partial charge in [0.1, 0.15) is 10.7 Å². The first-order valence-corrected chi connectivity index (χ1v) is 8.30. The Kier molecular flexibility index (Phi) is 6.68. The second-order valence-electron chi connectivity index (χ2n) is 5.07. The quantitative estimate of drug-likeness (QED) is 0.444. The van der Waals surface area contributed by atoms with Crippen LogP contribution in [0.25, 0.3) is 0 Å². The van der Waals surface area contributed by atoms with Crippen LogP contribution in [0.2, 0.25) is 0 Å². The van der Waals surface area contributed by atoms with Crippen LogP contribution in [0.15, 0.2) is 24.3 Å². The Morgan fingerprint density at radius 1 is 0.958 bits per heavy atom. The van der Waals surface area contributed by atoms with E-state index in [9.17, 15) is 34.8 Å². The van der Waals surface area contributed by atoms with E-state index in [4.69, 9.17) is 0 Å². The molecule has 0 amide bonds. The molecule has 10 heteroatoms. The van der Waals surface area contributed by atoms with Crippen molar-refractivity contribution < 1.29 is 39.5 Å². The molecule has 0 aromatic heterocycles. The molecule has 1 rings (SSSR count). The standard InChI is InChI=1S/C14H16F6O3S/c1-2-3-8-23-12(13(15,16)17,14(18,19)20)11-6-4-10(5-7-11)9-24(21)22/h4-7,24H,2-3,8-9H2,1H3. The van der Waals surface area contributed by atoms with E-state index in [2.05, 4.69) is 4.74 Å². The summed E-state index contributed by atoms with van der Waals surface area (Å²) in [6.07, 6.45) is -11.1. The SMILES string of the molecule is CCCCOC(c1ccc(C[SH](=O)=O)cc1)(C(F)(F)F)C(F)(F)F. The highest BCUT2D eigenvalue weighted by molar-refractivity contribution is 7.71. The van der Waals surface area contributed by atoms with Gasteiger partial charge in [-0.2, -0.15) is 26.3 Å². The molecule has 0 fully saturated rings. The fraction of sp³-hybridized carbons (Fsp3) is 0.571. The molecule has 0 atom stereocenters. The van der Waals surface area contributed by atoms with Crippen LogP contribution in [-0.2, 0) is 26.8 Å². The normalized spacial score (nSPS) is 13.5. The highest BCUT2D eigenvalue weighted by Gasteiger charge is 2.73. The lowest BCUT2D eigenvalue weighted by atomic mass is 9.91. The number of alkyl halides is 6. The molecular weight excluding hydrogens is 362 g/mol. The van der Waals surface area contributed by atoms with Crippen LogP contribution in [0, 0.1) is 0 Å². The Morgan fingerprint density at radius 2 is 1.46 bits per heavy atom. The maximum Gasteiger partial charge on any atom is 0.430 e. The highest BCUT2D eigenvalue weighted by atomic mass is 32.2. The number of hydrogen-bond donors (Lipinski definition) is 1. The van der Waals surface area contributed by atoms with Crippen molar-refractivity contribution in [2.75, 3.05) is 6.61 Å². The fourth-order valence-electron chi connectivity index (χ4n) is 2.10. The van der Waals surface area contributed by atoms with Gasteiger partial charge in [-0.15, -0.1) is 0 Å². The molecule has 0 bridgehead atoms. The number of thiol groups is 1. The van der Waals surface area contributed by atoms with Gasteiger partial charge in [-0.1, -0.05) is 37.6 Å². The van der Waals surface area contributed by atoms with E-state index in [0.717, 1.165) is 12.1 Å². The minimum atomic E-state index is -5.73. The molecule has 0 aliphatic carbocycles. The van der Waals surface area contributed by atoms with E-state index < -0.39 is 46.6 Å². The van der Waals surface area contributed by atoms with Crippen molar-refractivity contribution in [3.8, 4) is 0 Å². The van der Waals surface area contributed by atoms with Gasteiger partial charge in [0.05, 0.1) is 5.75 Å². The van der Waals surface area contributed by atoms with Crippen LogP contribution in [0.5, 0.6) is 0 Å². The van der Waals surface area contributed by atoms with E-state index in [1.54, 1.807) is 6.92 Å². The molecule has 0 heterocycles. The molecule has 138 valence electrons. The molecule has 0 N–H and O–H groups in total. The molecule has 3 nitrogen and oxygen atoms in total. The predicted octanol–water partition coefficient (Wildman–Crippen LogP) is 3.93. The van der Waals surface area contributed by atoms with Gasteiger partial charge >= 0.3 is 12.4 Å². The number of ether oxygens (including phenoxy) is 1. The summed E-state index contributed by atoms with van der Waals surface area (Å²) in [4.78, 5) is 0. The van der Waals surface area contributed by atoms with Crippen molar-refractivity contribution >= 4 is 10.7 Å². The van der Waals surface area contributed by atoms with E-state index in [1.165, 1.54) is 0 Å². The largest absolute Gasteiger partial charge is 0.430 e. The van der Waals surface area contributed by atoms with Gasteiger partial charge in [0.15, 0.2) is 0 Å². The Labute approximate surface area is 136 Å². The molecule has 1 aromatic rings. The summed E-state index contributed by atoms with van der Waals surface area (Å²) < 4.78 is 106. The summed E-state index contributed by atoms with van der Waals surface area (Å²) in [5, 5.41) is 0. The van der Waals surface area contributed by atoms with Gasteiger partial charge in [-0.05, 0) is 12.0 Å². The number of hydrogen-bond acceptors (Lipinski definition) is 3. The van der Waals surface area contributed by atoms with Gasteiger partial charge in [0, 0.05) is 12.2 Å². The highest BCUT2D eigenvalue weighted by Crippen LogP contribution is 2.53. The molecular formula is C14H16F6O3S. The summed E-state index contributed by atoms with van der Waals surface area (Å²) in [6, 6.07) is 3.02. The summed E-state index contributed by atoms with van der Waals surface area (Å²) >= 11 is 0. The molecule has 0 spiro atoms. The van der Waals surface area contributed by atoms with Crippen LogP contribution in [0.4, 0.5) is 26.3 Å². The predicted molar refractivity (Wildman–Crippen MR) is 75.1 cm³/mol. The van der Waals surface area contributed by atoms with Gasteiger partial charge in [-0.25, -0.2) is 8.42 Å². The fourth-order valence-corrected chi connectivity index (χ4v) is 2.61. The van der Waals surface area contributed by atoms with E-state index >= 15 is 0 Å². The van der Waals surface area contributed by atoms with Crippen molar-refractivity contribution in [3.63, 3.8) is 0 Å². The zero-order valence-corrected chi connectivity index (χ0v) is 13.5. The Hall–Kier alpha value is -1.29. The third-order valence-electron chi connectivity index (χ3n) is 3.29. The topological polar surface area (TPSA) is 43.4 Å². The number of rotatable bonds is 7. The number of benzene rings is 1. The first kappa shape index (κ1) is 20.8. The molecule has 0 aliphatic rings. The van der Waals surface area contributed by atoms with Gasteiger partial charge in [0.25, 0.3) is 5.60 Å². The van der Waals surface area contributed by atoms with Crippen LogP contribution >= 0.6 is 0 Å². The monoisotopic (exact) mass is 378 g/mol. The third kappa shape index (κ3) is 4.41. The Morgan fingerprint density at radius 3 is 1.83 bits per heavy atom. The Balaban J connectivity index is 3.39. The lowest BCUT2D eigenvalue weighted by molar-refractivity contribution is -0.389. The third-order valence-corrected chi connectivity index (χ3v) is 3.91. The summed E-state index contributed by atoms with van der Waals surface area (Å²) in [5.74, 6) is -0.475. The second kappa shape index (κ2) is 7.73. The molecule has 0 radical (unpaired) electrons. The molecule has 1 aromatic carbocycles. The lowest BCUT2D eigenvalue weighted by Gasteiger charge is -2.37. The van der Waals surface area contributed by atoms with Crippen molar-refractivity contribution in [3.05, 3.63) is 35.4 Å². The van der Waals surface area contributed by atoms with E-state index in [0.29, 0.717) is 18.6 Å². The molecule has 0 saturated heterocycles. The first-order valence-electron chi connectivity index (χ1n) is 6.94. The molecule has 0 unspecified atom stereocenters. The van der Waals surface area contributed by atoms with Crippen molar-refractivity contribution in [2.24, 2.45) is 0 Å². The van der Waals surface area contributed by atoms with Crippen molar-refractivity contribution in [1.29, 1.82) is 0 Å². The average molecular weight is 378 g/mol. The maximum absolute atomic E-state index is 13.4. The van der Waals surface area contributed by atoms with Crippen molar-refractivity contribution in [2.45, 2.75) is 43.5 Å². The van der Waals surface area contributed by atoms with Crippen LogP contribution < -0.4 is 0 Å². The Bertz CT molecular complexity index is 582. The number of unbranched alkanes of at least 4 members (excludes halogenated alkanes) is 1. The minimum Gasteiger partial charge on any atom is -0.354 e. The smallest absolute Gasteiger partial charge is 0.354 e. The first-order chi connectivity index (χ1) is 11.0. The minimum absolute atomic E-state index is 0.0304. The molecule has 0 saturated carbocycles. The van der Waals surface area contributed by atoms with E-state index in [1.807, 2.05) is 0 Å². The summed E-state index contributed by atoms with van der Waals surface area (Å²) in [6.45, 7) is 0.884. The number of halogens is 6. The van der Waals surface area contributed by atoms with Crippen LogP contribution in [-0.4, -0.2) is 27.4 Å². The molecule has 0 aliphatic heterocycles. The van der Waals surface area contributed by atoms with Crippen molar-refractivity contribution in [1.82, 2.24) is 0 Å². The zero-order valence-electron chi connectivity index (χ0n) is 12.6.